The van der Waals surface area contributed by atoms with E-state index in [1.165, 1.54) is 6.20 Å². The van der Waals surface area contributed by atoms with Gasteiger partial charge in [0.15, 0.2) is 0 Å². The predicted molar refractivity (Wildman–Crippen MR) is 90.5 cm³/mol. The van der Waals surface area contributed by atoms with E-state index < -0.39 is 5.60 Å². The Labute approximate surface area is 139 Å². The second kappa shape index (κ2) is 5.69. The highest BCUT2D eigenvalue weighted by atomic mass is 16.3. The number of para-hydroxylation sites is 2. The lowest BCUT2D eigenvalue weighted by Gasteiger charge is -2.24. The Morgan fingerprint density at radius 1 is 1.12 bits per heavy atom. The number of nitrogens with one attached hydrogen (secondary N) is 1. The molecule has 0 saturated carbocycles. The van der Waals surface area contributed by atoms with Gasteiger partial charge >= 0.3 is 0 Å². The molecule has 1 aliphatic rings. The molecule has 0 fully saturated rings. The largest absolute Gasteiger partial charge is 0.383 e. The summed E-state index contributed by atoms with van der Waals surface area (Å²) in [4.78, 5) is 21.0. The highest BCUT2D eigenvalue weighted by Gasteiger charge is 2.36. The molecule has 4 rings (SSSR count). The van der Waals surface area contributed by atoms with E-state index in [-0.39, 0.29) is 18.1 Å². The van der Waals surface area contributed by atoms with E-state index in [0.717, 1.165) is 23.1 Å². The van der Waals surface area contributed by atoms with E-state index in [1.54, 1.807) is 0 Å². The van der Waals surface area contributed by atoms with Gasteiger partial charge in [-0.05, 0) is 36.1 Å². The first-order valence-electron chi connectivity index (χ1n) is 7.96. The van der Waals surface area contributed by atoms with E-state index in [1.807, 2.05) is 48.5 Å². The van der Waals surface area contributed by atoms with Gasteiger partial charge in [-0.3, -0.25) is 9.78 Å². The Morgan fingerprint density at radius 2 is 1.88 bits per heavy atom. The molecule has 120 valence electrons. The monoisotopic (exact) mass is 319 g/mol. The fraction of sp³-hybridized carbons (Fsp3) is 0.211. The van der Waals surface area contributed by atoms with Crippen molar-refractivity contribution in [3.05, 3.63) is 71.5 Å². The average Bonchev–Trinajstić information content (AvgIpc) is 2.97. The number of amides is 1. The Balaban J connectivity index is 1.52. The first-order valence-corrected chi connectivity index (χ1v) is 7.96. The van der Waals surface area contributed by atoms with E-state index in [2.05, 4.69) is 15.3 Å². The number of benzene rings is 2. The van der Waals surface area contributed by atoms with Gasteiger partial charge in [-0.25, -0.2) is 4.98 Å². The molecule has 2 N–H and O–H groups in total. The maximum atomic E-state index is 12.4. The van der Waals surface area contributed by atoms with Gasteiger partial charge in [0, 0.05) is 0 Å². The number of rotatable bonds is 3. The van der Waals surface area contributed by atoms with Crippen LogP contribution < -0.4 is 5.32 Å². The van der Waals surface area contributed by atoms with Crippen molar-refractivity contribution < 1.29 is 9.90 Å². The Hall–Kier alpha value is -2.79. The molecular formula is C19H17N3O2. The molecule has 0 aliphatic heterocycles. The van der Waals surface area contributed by atoms with Crippen molar-refractivity contribution in [3.63, 3.8) is 0 Å². The van der Waals surface area contributed by atoms with Crippen LogP contribution in [0.15, 0.2) is 54.7 Å². The molecule has 3 aromatic rings. The van der Waals surface area contributed by atoms with E-state index in [0.29, 0.717) is 11.9 Å². The minimum Gasteiger partial charge on any atom is -0.383 e. The number of hydrogen-bond acceptors (Lipinski definition) is 4. The fourth-order valence-electron chi connectivity index (χ4n) is 3.24. The van der Waals surface area contributed by atoms with Crippen LogP contribution in [0.3, 0.4) is 0 Å². The zero-order valence-corrected chi connectivity index (χ0v) is 13.1. The van der Waals surface area contributed by atoms with Crippen LogP contribution in [-0.2, 0) is 12.0 Å². The molecule has 0 spiro atoms. The molecule has 5 nitrogen and oxygen atoms in total. The third-order valence-corrected chi connectivity index (χ3v) is 4.55. The number of nitrogens with zero attached hydrogens (tertiary/aromatic N) is 2. The number of aliphatic hydroxyl groups is 1. The third-order valence-electron chi connectivity index (χ3n) is 4.55. The maximum Gasteiger partial charge on any atom is 0.271 e. The fourth-order valence-corrected chi connectivity index (χ4v) is 3.24. The predicted octanol–water partition coefficient (Wildman–Crippen LogP) is 2.19. The van der Waals surface area contributed by atoms with Gasteiger partial charge in [-0.1, -0.05) is 36.4 Å². The van der Waals surface area contributed by atoms with E-state index >= 15 is 0 Å². The van der Waals surface area contributed by atoms with E-state index in [4.69, 9.17) is 0 Å². The third kappa shape index (κ3) is 2.53. The first-order chi connectivity index (χ1) is 11.7. The molecule has 2 aromatic carbocycles. The van der Waals surface area contributed by atoms with Crippen molar-refractivity contribution in [2.24, 2.45) is 0 Å². The van der Waals surface area contributed by atoms with Crippen LogP contribution in [0.5, 0.6) is 0 Å². The van der Waals surface area contributed by atoms with Gasteiger partial charge in [0.25, 0.3) is 5.91 Å². The summed E-state index contributed by atoms with van der Waals surface area (Å²) in [6.07, 6.45) is 2.89. The highest BCUT2D eigenvalue weighted by molar-refractivity contribution is 5.93. The van der Waals surface area contributed by atoms with Crippen LogP contribution in [-0.4, -0.2) is 27.5 Å². The number of aromatic nitrogens is 2. The summed E-state index contributed by atoms with van der Waals surface area (Å²) >= 11 is 0. The standard InChI is InChI=1S/C19H17N3O2/c23-18(17-11-20-15-7-3-4-8-16(15)22-17)21-12-19(24)10-9-13-5-1-2-6-14(13)19/h1-8,11,24H,9-10,12H2,(H,21,23). The molecule has 1 aliphatic carbocycles. The number of carbonyl (C=O) groups excluding carboxylic acids is 1. The van der Waals surface area contributed by atoms with Crippen LogP contribution in [0.25, 0.3) is 11.0 Å². The quantitative estimate of drug-likeness (QED) is 0.776. The topological polar surface area (TPSA) is 75.1 Å². The number of fused-ring (bicyclic) bond motifs is 2. The van der Waals surface area contributed by atoms with Gasteiger partial charge in [0.05, 0.1) is 23.8 Å². The Bertz CT molecular complexity index is 925. The molecule has 1 amide bonds. The van der Waals surface area contributed by atoms with Crippen molar-refractivity contribution in [1.82, 2.24) is 15.3 Å². The number of carbonyl (C=O) groups is 1. The second-order valence-electron chi connectivity index (χ2n) is 6.12. The minimum absolute atomic E-state index is 0.164. The molecule has 1 heterocycles. The second-order valence-corrected chi connectivity index (χ2v) is 6.12. The summed E-state index contributed by atoms with van der Waals surface area (Å²) in [5.74, 6) is -0.328. The van der Waals surface area contributed by atoms with Crippen molar-refractivity contribution >= 4 is 16.9 Å². The van der Waals surface area contributed by atoms with E-state index in [9.17, 15) is 9.90 Å². The van der Waals surface area contributed by atoms with Crippen molar-refractivity contribution in [1.29, 1.82) is 0 Å². The van der Waals surface area contributed by atoms with Crippen LogP contribution in [0.2, 0.25) is 0 Å². The lowest BCUT2D eigenvalue weighted by Crippen LogP contribution is -2.39. The lowest BCUT2D eigenvalue weighted by atomic mass is 9.96. The minimum atomic E-state index is -1.02. The Kier molecular flexibility index (Phi) is 3.50. The normalized spacial score (nSPS) is 19.2. The maximum absolute atomic E-state index is 12.4. The summed E-state index contributed by atoms with van der Waals surface area (Å²) in [6.45, 7) is 0.164. The first kappa shape index (κ1) is 14.8. The van der Waals surface area contributed by atoms with Crippen LogP contribution in [0, 0.1) is 0 Å². The molecule has 0 radical (unpaired) electrons. The van der Waals surface area contributed by atoms with Gasteiger partial charge < -0.3 is 10.4 Å². The van der Waals surface area contributed by atoms with Gasteiger partial charge in [0.1, 0.15) is 11.3 Å². The molecule has 0 bridgehead atoms. The summed E-state index contributed by atoms with van der Waals surface area (Å²) < 4.78 is 0. The van der Waals surface area contributed by atoms with Crippen LogP contribution in [0.4, 0.5) is 0 Å². The summed E-state index contributed by atoms with van der Waals surface area (Å²) in [7, 11) is 0. The van der Waals surface area contributed by atoms with Gasteiger partial charge in [-0.15, -0.1) is 0 Å². The zero-order chi connectivity index (χ0) is 16.6. The van der Waals surface area contributed by atoms with Gasteiger partial charge in [-0.2, -0.15) is 0 Å². The lowest BCUT2D eigenvalue weighted by molar-refractivity contribution is 0.0368. The van der Waals surface area contributed by atoms with Crippen LogP contribution >= 0.6 is 0 Å². The molecule has 5 heteroatoms. The smallest absolute Gasteiger partial charge is 0.271 e. The van der Waals surface area contributed by atoms with Crippen molar-refractivity contribution in [2.75, 3.05) is 6.54 Å². The zero-order valence-electron chi connectivity index (χ0n) is 13.1. The molecule has 0 saturated heterocycles. The summed E-state index contributed by atoms with van der Waals surface area (Å²) in [6, 6.07) is 15.2. The molecular weight excluding hydrogens is 302 g/mol. The highest BCUT2D eigenvalue weighted by Crippen LogP contribution is 2.36. The summed E-state index contributed by atoms with van der Waals surface area (Å²) in [5.41, 5.74) is 2.70. The number of aryl methyl sites for hydroxylation is 1. The van der Waals surface area contributed by atoms with Crippen LogP contribution in [0.1, 0.15) is 28.0 Å². The van der Waals surface area contributed by atoms with Crippen molar-refractivity contribution in [3.8, 4) is 0 Å². The average molecular weight is 319 g/mol. The molecule has 1 unspecified atom stereocenters. The molecule has 1 atom stereocenters. The Morgan fingerprint density at radius 3 is 2.75 bits per heavy atom. The SMILES string of the molecule is O=C(NCC1(O)CCc2ccccc21)c1cnc2ccccc2n1. The number of hydrogen-bond donors (Lipinski definition) is 2. The van der Waals surface area contributed by atoms with Gasteiger partial charge in [0.2, 0.25) is 0 Å². The molecule has 1 aromatic heterocycles. The van der Waals surface area contributed by atoms with Crippen molar-refractivity contribution in [2.45, 2.75) is 18.4 Å². The molecule has 24 heavy (non-hydrogen) atoms. The summed E-state index contributed by atoms with van der Waals surface area (Å²) in [5, 5.41) is 13.7.